The molecule has 0 heterocycles. The average molecular weight is 200 g/mol. The Labute approximate surface area is 87.3 Å². The topological polar surface area (TPSA) is 62.4 Å². The fraction of sp³-hybridized carbons (Fsp3) is 0.900. The van der Waals surface area contributed by atoms with E-state index in [1.807, 2.05) is 0 Å². The second kappa shape index (κ2) is 8.81. The Morgan fingerprint density at radius 1 is 1.29 bits per heavy atom. The van der Waals surface area contributed by atoms with Crippen LogP contribution in [0, 0.1) is 5.92 Å². The van der Waals surface area contributed by atoms with Crippen LogP contribution in [0.4, 0.5) is 0 Å². The van der Waals surface area contributed by atoms with Crippen molar-refractivity contribution >= 4 is 5.96 Å². The van der Waals surface area contributed by atoms with Crippen molar-refractivity contribution in [3.8, 4) is 0 Å². The molecule has 0 saturated carbocycles. The van der Waals surface area contributed by atoms with Crippen molar-refractivity contribution in [1.29, 1.82) is 0 Å². The van der Waals surface area contributed by atoms with E-state index in [0.717, 1.165) is 19.5 Å². The number of hydrogen-bond donors (Lipinski definition) is 3. The smallest absolute Gasteiger partial charge is 0.205 e. The van der Waals surface area contributed by atoms with Gasteiger partial charge < -0.3 is 5.32 Å². The maximum Gasteiger partial charge on any atom is 0.205 e. The zero-order valence-corrected chi connectivity index (χ0v) is 9.64. The fourth-order valence-corrected chi connectivity index (χ4v) is 1.16. The second-order valence-electron chi connectivity index (χ2n) is 3.44. The number of nitrogens with one attached hydrogen (secondary N) is 2. The summed E-state index contributed by atoms with van der Waals surface area (Å²) >= 11 is 0. The van der Waals surface area contributed by atoms with E-state index in [9.17, 15) is 0 Å². The van der Waals surface area contributed by atoms with Crippen LogP contribution < -0.4 is 16.6 Å². The first-order chi connectivity index (χ1) is 6.78. The Morgan fingerprint density at radius 3 is 2.36 bits per heavy atom. The lowest BCUT2D eigenvalue weighted by Gasteiger charge is -2.11. The van der Waals surface area contributed by atoms with Gasteiger partial charge in [-0.2, -0.15) is 0 Å². The highest BCUT2D eigenvalue weighted by Gasteiger charge is 2.02. The van der Waals surface area contributed by atoms with Gasteiger partial charge in [-0.05, 0) is 12.3 Å². The maximum atomic E-state index is 5.34. The first kappa shape index (κ1) is 13.2. The zero-order chi connectivity index (χ0) is 10.8. The molecule has 0 aliphatic rings. The summed E-state index contributed by atoms with van der Waals surface area (Å²) in [4.78, 5) is 4.39. The van der Waals surface area contributed by atoms with Gasteiger partial charge in [0.2, 0.25) is 5.96 Å². The molecule has 0 saturated heterocycles. The first-order valence-electron chi connectivity index (χ1n) is 5.53. The normalized spacial score (nSPS) is 11.9. The van der Waals surface area contributed by atoms with Gasteiger partial charge in [0.25, 0.3) is 0 Å². The largest absolute Gasteiger partial charge is 0.355 e. The molecule has 0 aromatic heterocycles. The van der Waals surface area contributed by atoms with Gasteiger partial charge in [0.1, 0.15) is 0 Å². The summed E-state index contributed by atoms with van der Waals surface area (Å²) < 4.78 is 0. The minimum absolute atomic E-state index is 0.668. The molecule has 0 amide bonds. The zero-order valence-electron chi connectivity index (χ0n) is 9.64. The molecule has 0 atom stereocenters. The Bertz CT molecular complexity index is 152. The Hall–Kier alpha value is -0.770. The summed E-state index contributed by atoms with van der Waals surface area (Å²) in [6, 6.07) is 0. The van der Waals surface area contributed by atoms with E-state index in [1.54, 1.807) is 0 Å². The quantitative estimate of drug-likeness (QED) is 0.262. The summed E-state index contributed by atoms with van der Waals surface area (Å²) in [5.41, 5.74) is 2.58. The third-order valence-electron chi connectivity index (χ3n) is 2.34. The van der Waals surface area contributed by atoms with Gasteiger partial charge in [-0.1, -0.05) is 33.6 Å². The lowest BCUT2D eigenvalue weighted by atomic mass is 10.0. The van der Waals surface area contributed by atoms with Crippen LogP contribution >= 0.6 is 0 Å². The average Bonchev–Trinajstić information content (AvgIpc) is 2.23. The van der Waals surface area contributed by atoms with Crippen LogP contribution in [0.15, 0.2) is 4.99 Å². The van der Waals surface area contributed by atoms with E-state index in [1.165, 1.54) is 12.8 Å². The third-order valence-corrected chi connectivity index (χ3v) is 2.34. The van der Waals surface area contributed by atoms with E-state index >= 15 is 0 Å². The number of aliphatic imine (C=N–C) groups is 1. The minimum atomic E-state index is 0.668. The van der Waals surface area contributed by atoms with Crippen molar-refractivity contribution in [3.05, 3.63) is 0 Å². The lowest BCUT2D eigenvalue weighted by Crippen LogP contribution is -2.42. The molecule has 14 heavy (non-hydrogen) atoms. The number of nitrogens with two attached hydrogens (primary N) is 1. The monoisotopic (exact) mass is 200 g/mol. The fourth-order valence-electron chi connectivity index (χ4n) is 1.16. The van der Waals surface area contributed by atoms with Crippen molar-refractivity contribution in [2.45, 2.75) is 40.0 Å². The van der Waals surface area contributed by atoms with Crippen molar-refractivity contribution in [1.82, 2.24) is 10.7 Å². The van der Waals surface area contributed by atoms with Crippen molar-refractivity contribution < 1.29 is 0 Å². The molecule has 0 spiro atoms. The van der Waals surface area contributed by atoms with Gasteiger partial charge >= 0.3 is 0 Å². The third kappa shape index (κ3) is 5.80. The first-order valence-corrected chi connectivity index (χ1v) is 5.53. The molecule has 4 heteroatoms. The molecule has 0 fully saturated rings. The Balaban J connectivity index is 3.89. The summed E-state index contributed by atoms with van der Waals surface area (Å²) in [5.74, 6) is 6.71. The molecule has 4 N–H and O–H groups in total. The number of rotatable bonds is 6. The highest BCUT2D eigenvalue weighted by molar-refractivity contribution is 5.79. The van der Waals surface area contributed by atoms with E-state index in [4.69, 9.17) is 5.84 Å². The molecular formula is C10H24N4. The molecule has 0 radical (unpaired) electrons. The Kier molecular flexibility index (Phi) is 8.33. The van der Waals surface area contributed by atoms with Crippen LogP contribution in [0.25, 0.3) is 0 Å². The number of guanidine groups is 1. The summed E-state index contributed by atoms with van der Waals surface area (Å²) in [6.07, 6.45) is 3.42. The highest BCUT2D eigenvalue weighted by Crippen LogP contribution is 2.06. The van der Waals surface area contributed by atoms with Gasteiger partial charge in [-0.25, -0.2) is 5.84 Å². The molecule has 0 aliphatic carbocycles. The van der Waals surface area contributed by atoms with E-state index < -0.39 is 0 Å². The number of nitrogens with zero attached hydrogens (tertiary/aromatic N) is 1. The summed E-state index contributed by atoms with van der Waals surface area (Å²) in [6.45, 7) is 8.26. The standard InChI is InChI=1S/C10H24N4/c1-4-7-12-10(14-11)13-8-9(5-2)6-3/h9H,4-8,11H2,1-3H3,(H2,12,13,14). The van der Waals surface area contributed by atoms with E-state index in [0.29, 0.717) is 11.9 Å². The highest BCUT2D eigenvalue weighted by atomic mass is 15.3. The number of hydrazine groups is 1. The molecule has 0 aliphatic heterocycles. The number of hydrogen-bond acceptors (Lipinski definition) is 2. The van der Waals surface area contributed by atoms with Gasteiger partial charge in [0.15, 0.2) is 0 Å². The van der Waals surface area contributed by atoms with Crippen molar-refractivity contribution in [2.24, 2.45) is 16.8 Å². The van der Waals surface area contributed by atoms with Crippen LogP contribution in [0.1, 0.15) is 40.0 Å². The molecule has 0 aromatic rings. The SMILES string of the molecule is CCCNC(=NCC(CC)CC)NN. The predicted molar refractivity (Wildman–Crippen MR) is 62.0 cm³/mol. The van der Waals surface area contributed by atoms with Gasteiger partial charge in [-0.15, -0.1) is 0 Å². The van der Waals surface area contributed by atoms with Crippen molar-refractivity contribution in [2.75, 3.05) is 13.1 Å². The van der Waals surface area contributed by atoms with E-state index in [2.05, 4.69) is 36.5 Å². The van der Waals surface area contributed by atoms with Crippen LogP contribution in [-0.4, -0.2) is 19.0 Å². The predicted octanol–water partition coefficient (Wildman–Crippen LogP) is 1.24. The van der Waals surface area contributed by atoms with Gasteiger partial charge in [-0.3, -0.25) is 10.4 Å². The van der Waals surface area contributed by atoms with Crippen LogP contribution in [0.5, 0.6) is 0 Å². The molecule has 0 bridgehead atoms. The van der Waals surface area contributed by atoms with Crippen LogP contribution in [-0.2, 0) is 0 Å². The minimum Gasteiger partial charge on any atom is -0.355 e. The molecular weight excluding hydrogens is 176 g/mol. The molecule has 0 rings (SSSR count). The maximum absolute atomic E-state index is 5.34. The molecule has 4 nitrogen and oxygen atoms in total. The molecule has 0 unspecified atom stereocenters. The molecule has 0 aromatic carbocycles. The summed E-state index contributed by atoms with van der Waals surface area (Å²) in [5, 5.41) is 3.14. The van der Waals surface area contributed by atoms with Gasteiger partial charge in [0.05, 0.1) is 0 Å². The van der Waals surface area contributed by atoms with Crippen molar-refractivity contribution in [3.63, 3.8) is 0 Å². The lowest BCUT2D eigenvalue weighted by molar-refractivity contribution is 0.504. The van der Waals surface area contributed by atoms with Crippen LogP contribution in [0.3, 0.4) is 0 Å². The van der Waals surface area contributed by atoms with Crippen LogP contribution in [0.2, 0.25) is 0 Å². The summed E-state index contributed by atoms with van der Waals surface area (Å²) in [7, 11) is 0. The second-order valence-corrected chi connectivity index (χ2v) is 3.44. The van der Waals surface area contributed by atoms with E-state index in [-0.39, 0.29) is 0 Å². The Morgan fingerprint density at radius 2 is 1.93 bits per heavy atom. The molecule has 84 valence electrons. The van der Waals surface area contributed by atoms with Gasteiger partial charge in [0, 0.05) is 13.1 Å².